The number of hydrogen-bond acceptors (Lipinski definition) is 6. The van der Waals surface area contributed by atoms with Gasteiger partial charge in [-0.2, -0.15) is 0 Å². The molecule has 1 heterocycles. The van der Waals surface area contributed by atoms with Crippen LogP contribution < -0.4 is 15.4 Å². The number of carbonyl (C=O) groups is 2. The van der Waals surface area contributed by atoms with Gasteiger partial charge >= 0.3 is 6.03 Å². The molecule has 0 unspecified atom stereocenters. The van der Waals surface area contributed by atoms with Crippen molar-refractivity contribution in [2.75, 3.05) is 14.2 Å². The van der Waals surface area contributed by atoms with E-state index >= 15 is 0 Å². The van der Waals surface area contributed by atoms with Crippen LogP contribution in [0.2, 0.25) is 0 Å². The van der Waals surface area contributed by atoms with Crippen LogP contribution >= 0.6 is 11.8 Å². The standard InChI is InChI=1S/C20H20FN5O3S/c1-12(18(27)23-19(28)22-2)30-20-25-24-17(13-8-10-14(29-3)11-9-13)26(20)16-7-5-4-6-15(16)21/h4-12H,1-3H3,(H2,22,23,27,28)/t12-/m0/s1. The van der Waals surface area contributed by atoms with E-state index in [4.69, 9.17) is 4.74 Å². The Bertz CT molecular complexity index is 1050. The lowest BCUT2D eigenvalue weighted by Crippen LogP contribution is -2.41. The topological polar surface area (TPSA) is 98.1 Å². The minimum Gasteiger partial charge on any atom is -0.497 e. The summed E-state index contributed by atoms with van der Waals surface area (Å²) in [6.45, 7) is 1.62. The number of carbonyl (C=O) groups excluding carboxylic acids is 2. The van der Waals surface area contributed by atoms with E-state index in [1.54, 1.807) is 61.1 Å². The maximum atomic E-state index is 14.6. The van der Waals surface area contributed by atoms with Crippen LogP contribution in [0.4, 0.5) is 9.18 Å². The van der Waals surface area contributed by atoms with Crippen molar-refractivity contribution in [1.82, 2.24) is 25.4 Å². The molecule has 3 rings (SSSR count). The highest BCUT2D eigenvalue weighted by Gasteiger charge is 2.24. The van der Waals surface area contributed by atoms with Crippen molar-refractivity contribution in [3.8, 4) is 22.8 Å². The van der Waals surface area contributed by atoms with Crippen LogP contribution in [0.3, 0.4) is 0 Å². The number of aromatic nitrogens is 3. The van der Waals surface area contributed by atoms with E-state index in [0.29, 0.717) is 22.3 Å². The van der Waals surface area contributed by atoms with Gasteiger partial charge in [-0.05, 0) is 43.3 Å². The van der Waals surface area contributed by atoms with Crippen molar-refractivity contribution in [1.29, 1.82) is 0 Å². The second kappa shape index (κ2) is 9.40. The number of nitrogens with one attached hydrogen (secondary N) is 2. The highest BCUT2D eigenvalue weighted by molar-refractivity contribution is 8.00. The van der Waals surface area contributed by atoms with E-state index in [-0.39, 0.29) is 5.69 Å². The molecule has 30 heavy (non-hydrogen) atoms. The molecule has 0 saturated carbocycles. The van der Waals surface area contributed by atoms with Gasteiger partial charge in [0.1, 0.15) is 11.6 Å². The Balaban J connectivity index is 2.01. The quantitative estimate of drug-likeness (QED) is 0.585. The molecule has 156 valence electrons. The van der Waals surface area contributed by atoms with E-state index in [1.165, 1.54) is 13.1 Å². The molecule has 0 aliphatic rings. The molecule has 0 bridgehead atoms. The second-order valence-electron chi connectivity index (χ2n) is 6.15. The van der Waals surface area contributed by atoms with Gasteiger partial charge in [-0.15, -0.1) is 10.2 Å². The van der Waals surface area contributed by atoms with Gasteiger partial charge in [-0.1, -0.05) is 23.9 Å². The van der Waals surface area contributed by atoms with Crippen molar-refractivity contribution >= 4 is 23.7 Å². The third kappa shape index (κ3) is 4.60. The minimum absolute atomic E-state index is 0.245. The number of nitrogens with zero attached hydrogens (tertiary/aromatic N) is 3. The zero-order valence-electron chi connectivity index (χ0n) is 16.5. The number of urea groups is 1. The molecule has 8 nitrogen and oxygen atoms in total. The third-order valence-corrected chi connectivity index (χ3v) is 5.23. The Morgan fingerprint density at radius 2 is 1.83 bits per heavy atom. The summed E-state index contributed by atoms with van der Waals surface area (Å²) in [4.78, 5) is 23.6. The summed E-state index contributed by atoms with van der Waals surface area (Å²) < 4.78 is 21.4. The van der Waals surface area contributed by atoms with Gasteiger partial charge in [0, 0.05) is 12.6 Å². The average molecular weight is 429 g/mol. The normalized spacial score (nSPS) is 11.6. The van der Waals surface area contributed by atoms with Crippen LogP contribution in [0.15, 0.2) is 53.7 Å². The number of methoxy groups -OCH3 is 1. The number of amides is 3. The summed E-state index contributed by atoms with van der Waals surface area (Å²) in [5, 5.41) is 12.6. The maximum Gasteiger partial charge on any atom is 0.321 e. The Labute approximate surface area is 176 Å². The van der Waals surface area contributed by atoms with Gasteiger partial charge in [0.15, 0.2) is 11.0 Å². The van der Waals surface area contributed by atoms with Crippen molar-refractivity contribution in [2.24, 2.45) is 0 Å². The Morgan fingerprint density at radius 1 is 1.13 bits per heavy atom. The zero-order valence-corrected chi connectivity index (χ0v) is 17.4. The molecular formula is C20H20FN5O3S. The van der Waals surface area contributed by atoms with E-state index in [0.717, 1.165) is 11.8 Å². The Hall–Kier alpha value is -3.40. The second-order valence-corrected chi connectivity index (χ2v) is 7.46. The molecular weight excluding hydrogens is 409 g/mol. The average Bonchev–Trinajstić information content (AvgIpc) is 3.17. The minimum atomic E-state index is -0.680. The van der Waals surface area contributed by atoms with Gasteiger partial charge in [-0.3, -0.25) is 14.7 Å². The lowest BCUT2D eigenvalue weighted by molar-refractivity contribution is -0.119. The molecule has 0 aliphatic carbocycles. The smallest absolute Gasteiger partial charge is 0.321 e. The number of hydrogen-bond donors (Lipinski definition) is 2. The molecule has 1 aromatic heterocycles. The van der Waals surface area contributed by atoms with E-state index in [9.17, 15) is 14.0 Å². The fraction of sp³-hybridized carbons (Fsp3) is 0.200. The number of imide groups is 1. The lowest BCUT2D eigenvalue weighted by atomic mass is 10.2. The largest absolute Gasteiger partial charge is 0.497 e. The molecule has 2 N–H and O–H groups in total. The Kier molecular flexibility index (Phi) is 6.68. The number of halogens is 1. The van der Waals surface area contributed by atoms with Gasteiger partial charge in [0.05, 0.1) is 18.0 Å². The van der Waals surface area contributed by atoms with Crippen molar-refractivity contribution in [3.63, 3.8) is 0 Å². The number of ether oxygens (including phenoxy) is 1. The fourth-order valence-electron chi connectivity index (χ4n) is 2.61. The van der Waals surface area contributed by atoms with Crippen LogP contribution in [0.1, 0.15) is 6.92 Å². The van der Waals surface area contributed by atoms with Gasteiger partial charge in [-0.25, -0.2) is 9.18 Å². The molecule has 1 atom stereocenters. The monoisotopic (exact) mass is 429 g/mol. The molecule has 0 radical (unpaired) electrons. The summed E-state index contributed by atoms with van der Waals surface area (Å²) >= 11 is 1.06. The summed E-state index contributed by atoms with van der Waals surface area (Å²) in [5.74, 6) is 0.110. The van der Waals surface area contributed by atoms with Crippen molar-refractivity contribution < 1.29 is 18.7 Å². The highest BCUT2D eigenvalue weighted by atomic mass is 32.2. The third-order valence-electron chi connectivity index (χ3n) is 4.19. The summed E-state index contributed by atoms with van der Waals surface area (Å²) in [7, 11) is 2.98. The van der Waals surface area contributed by atoms with Gasteiger partial charge < -0.3 is 10.1 Å². The lowest BCUT2D eigenvalue weighted by Gasteiger charge is -2.14. The molecule has 3 aromatic rings. The molecule has 0 saturated heterocycles. The first-order chi connectivity index (χ1) is 14.4. The van der Waals surface area contributed by atoms with Crippen LogP contribution in [0, 0.1) is 5.82 Å². The molecule has 0 spiro atoms. The highest BCUT2D eigenvalue weighted by Crippen LogP contribution is 2.31. The maximum absolute atomic E-state index is 14.6. The summed E-state index contributed by atoms with van der Waals surface area (Å²) in [5.41, 5.74) is 0.940. The van der Waals surface area contributed by atoms with E-state index < -0.39 is 23.0 Å². The molecule has 3 amide bonds. The number of para-hydroxylation sites is 1. The Morgan fingerprint density at radius 3 is 2.47 bits per heavy atom. The van der Waals surface area contributed by atoms with Gasteiger partial charge in [0.2, 0.25) is 5.91 Å². The first-order valence-electron chi connectivity index (χ1n) is 8.98. The van der Waals surface area contributed by atoms with E-state index in [1.807, 2.05) is 0 Å². The fourth-order valence-corrected chi connectivity index (χ4v) is 3.47. The molecule has 0 aliphatic heterocycles. The van der Waals surface area contributed by atoms with Crippen LogP contribution in [0.5, 0.6) is 5.75 Å². The SMILES string of the molecule is CNC(=O)NC(=O)[C@H](C)Sc1nnc(-c2ccc(OC)cc2)n1-c1ccccc1F. The molecule has 0 fully saturated rings. The first kappa shape index (κ1) is 21.3. The number of benzene rings is 2. The summed E-state index contributed by atoms with van der Waals surface area (Å²) in [6, 6.07) is 12.7. The van der Waals surface area contributed by atoms with Crippen molar-refractivity contribution in [2.45, 2.75) is 17.3 Å². The number of rotatable bonds is 6. The predicted octanol–water partition coefficient (Wildman–Crippen LogP) is 3.02. The molecule has 10 heteroatoms. The van der Waals surface area contributed by atoms with E-state index in [2.05, 4.69) is 20.8 Å². The molecule has 2 aromatic carbocycles. The number of thioether (sulfide) groups is 1. The van der Waals surface area contributed by atoms with Crippen LogP contribution in [-0.4, -0.2) is 46.1 Å². The van der Waals surface area contributed by atoms with Crippen LogP contribution in [-0.2, 0) is 4.79 Å². The van der Waals surface area contributed by atoms with Crippen LogP contribution in [0.25, 0.3) is 17.1 Å². The predicted molar refractivity (Wildman–Crippen MR) is 111 cm³/mol. The van der Waals surface area contributed by atoms with Crippen molar-refractivity contribution in [3.05, 3.63) is 54.3 Å². The first-order valence-corrected chi connectivity index (χ1v) is 9.86. The van der Waals surface area contributed by atoms with Gasteiger partial charge in [0.25, 0.3) is 0 Å². The summed E-state index contributed by atoms with van der Waals surface area (Å²) in [6.07, 6.45) is 0. The zero-order chi connectivity index (χ0) is 21.7.